The summed E-state index contributed by atoms with van der Waals surface area (Å²) in [4.78, 5) is 11.1. The number of hydrogen-bond donors (Lipinski definition) is 0. The zero-order valence-electron chi connectivity index (χ0n) is 8.20. The number of carbonyl (C=O) groups excluding carboxylic acids is 1. The summed E-state index contributed by atoms with van der Waals surface area (Å²) in [6, 6.07) is 1.74. The summed E-state index contributed by atoms with van der Waals surface area (Å²) in [5.41, 5.74) is 0.165. The Kier molecular flexibility index (Phi) is 6.17. The van der Waals surface area contributed by atoms with E-state index in [1.165, 1.54) is 7.11 Å². The van der Waals surface area contributed by atoms with Crippen LogP contribution in [-0.4, -0.2) is 31.5 Å². The van der Waals surface area contributed by atoms with Gasteiger partial charge in [-0.25, -0.2) is 9.16 Å². The fraction of sp³-hybridized carbons (Fsp3) is 0.500. The van der Waals surface area contributed by atoms with Gasteiger partial charge >= 0.3 is 5.97 Å². The summed E-state index contributed by atoms with van der Waals surface area (Å²) in [7, 11) is 0.949. The molecule has 0 fully saturated rings. The van der Waals surface area contributed by atoms with Gasteiger partial charge in [-0.15, -0.1) is 22.3 Å². The van der Waals surface area contributed by atoms with Gasteiger partial charge in [0.1, 0.15) is 6.07 Å². The lowest BCUT2D eigenvalue weighted by Crippen LogP contribution is -2.06. The van der Waals surface area contributed by atoms with Gasteiger partial charge in [-0.3, -0.25) is 0 Å². The highest BCUT2D eigenvalue weighted by atomic mass is 35.5. The Balaban J connectivity index is 5.26. The number of ether oxygens (including phenoxy) is 1. The number of halogens is 1. The third-order valence-corrected chi connectivity index (χ3v) is 2.05. The molecule has 0 aliphatic carbocycles. The molecule has 6 heteroatoms. The molecule has 0 rings (SSSR count). The molecule has 0 aliphatic heterocycles. The minimum Gasteiger partial charge on any atom is -0.465 e. The zero-order chi connectivity index (χ0) is 11.1. The molecule has 14 heavy (non-hydrogen) atoms. The summed E-state index contributed by atoms with van der Waals surface area (Å²) >= 11 is 5.58. The molecule has 0 aliphatic rings. The van der Waals surface area contributed by atoms with Crippen molar-refractivity contribution in [2.75, 3.05) is 25.5 Å². The number of carbonyl (C=O) groups is 1. The monoisotopic (exact) mass is 234 g/mol. The second-order valence-corrected chi connectivity index (χ2v) is 4.42. The highest BCUT2D eigenvalue weighted by Crippen LogP contribution is 2.10. The van der Waals surface area contributed by atoms with Crippen molar-refractivity contribution in [2.24, 2.45) is 4.36 Å². The van der Waals surface area contributed by atoms with E-state index in [1.807, 2.05) is 12.5 Å². The van der Waals surface area contributed by atoms with E-state index in [0.717, 1.165) is 0 Å². The van der Waals surface area contributed by atoms with Gasteiger partial charge in [0.2, 0.25) is 0 Å². The van der Waals surface area contributed by atoms with E-state index < -0.39 is 5.97 Å². The van der Waals surface area contributed by atoms with Gasteiger partial charge < -0.3 is 4.74 Å². The van der Waals surface area contributed by atoms with Crippen LogP contribution in [0, 0.1) is 11.3 Å². The molecule has 0 radical (unpaired) electrons. The van der Waals surface area contributed by atoms with Crippen LogP contribution in [0.5, 0.6) is 0 Å². The third kappa shape index (κ3) is 3.90. The topological polar surface area (TPSA) is 62.5 Å². The molecule has 0 bridgehead atoms. The molecule has 0 saturated heterocycles. The van der Waals surface area contributed by atoms with Crippen molar-refractivity contribution in [1.29, 1.82) is 5.26 Å². The quantitative estimate of drug-likeness (QED) is 0.319. The fourth-order valence-corrected chi connectivity index (χ4v) is 1.55. The van der Waals surface area contributed by atoms with Gasteiger partial charge in [-0.1, -0.05) is 0 Å². The van der Waals surface area contributed by atoms with Gasteiger partial charge in [0.15, 0.2) is 5.57 Å². The van der Waals surface area contributed by atoms with Crippen LogP contribution in [0.25, 0.3) is 0 Å². The predicted octanol–water partition coefficient (Wildman–Crippen LogP) is 1.24. The van der Waals surface area contributed by atoms with Crippen LogP contribution in [0.2, 0.25) is 0 Å². The van der Waals surface area contributed by atoms with E-state index in [4.69, 9.17) is 16.9 Å². The normalized spacial score (nSPS) is 11.7. The second-order valence-electron chi connectivity index (χ2n) is 2.42. The van der Waals surface area contributed by atoms with Crippen molar-refractivity contribution >= 4 is 28.3 Å². The first-order valence-electron chi connectivity index (χ1n) is 3.63. The molecule has 0 spiro atoms. The Morgan fingerprint density at radius 1 is 1.64 bits per heavy atom. The minimum atomic E-state index is -0.697. The first kappa shape index (κ1) is 13.1. The predicted molar refractivity (Wildman–Crippen MR) is 57.0 cm³/mol. The highest BCUT2D eigenvalue weighted by molar-refractivity contribution is 7.85. The van der Waals surface area contributed by atoms with Crippen LogP contribution in [-0.2, 0) is 20.2 Å². The van der Waals surface area contributed by atoms with E-state index in [-0.39, 0.29) is 27.8 Å². The van der Waals surface area contributed by atoms with E-state index in [1.54, 1.807) is 6.07 Å². The van der Waals surface area contributed by atoms with Crippen LogP contribution >= 0.6 is 11.6 Å². The van der Waals surface area contributed by atoms with Crippen LogP contribution in [0.3, 0.4) is 0 Å². The Labute approximate surface area is 90.6 Å². The van der Waals surface area contributed by atoms with Crippen molar-refractivity contribution in [3.05, 3.63) is 11.3 Å². The lowest BCUT2D eigenvalue weighted by atomic mass is 10.2. The van der Waals surface area contributed by atoms with Crippen molar-refractivity contribution in [2.45, 2.75) is 0 Å². The molecule has 0 aromatic carbocycles. The largest absolute Gasteiger partial charge is 0.465 e. The maximum atomic E-state index is 11.1. The number of hydrogen-bond acceptors (Lipinski definition) is 4. The number of nitrogens with zero attached hydrogens (tertiary/aromatic N) is 2. The first-order valence-corrected chi connectivity index (χ1v) is 6.17. The second kappa shape index (κ2) is 6.57. The number of methoxy groups -OCH3 is 1. The molecule has 0 heterocycles. The average molecular weight is 235 g/mol. The Hall–Kier alpha value is -0.860. The van der Waals surface area contributed by atoms with E-state index in [2.05, 4.69) is 9.10 Å². The molecule has 4 nitrogen and oxygen atoms in total. The maximum absolute atomic E-state index is 11.1. The van der Waals surface area contributed by atoms with Gasteiger partial charge in [0.25, 0.3) is 0 Å². The van der Waals surface area contributed by atoms with Crippen molar-refractivity contribution < 1.29 is 9.53 Å². The molecular weight excluding hydrogens is 224 g/mol. The van der Waals surface area contributed by atoms with E-state index in [9.17, 15) is 4.79 Å². The van der Waals surface area contributed by atoms with E-state index in [0.29, 0.717) is 0 Å². The number of esters is 1. The summed E-state index contributed by atoms with van der Waals surface area (Å²) in [5.74, 6) is -0.666. The summed E-state index contributed by atoms with van der Waals surface area (Å²) in [6.45, 7) is 0. The molecule has 0 saturated carbocycles. The Morgan fingerprint density at radius 3 is 2.50 bits per heavy atom. The fourth-order valence-electron chi connectivity index (χ4n) is 0.687. The summed E-state index contributed by atoms with van der Waals surface area (Å²) in [5, 5.41) is 8.72. The molecule has 78 valence electrons. The van der Waals surface area contributed by atoms with Crippen LogP contribution < -0.4 is 0 Å². The lowest BCUT2D eigenvalue weighted by Gasteiger charge is -2.01. The van der Waals surface area contributed by atoms with Gasteiger partial charge in [0, 0.05) is 0 Å². The molecule has 0 amide bonds. The van der Waals surface area contributed by atoms with Crippen molar-refractivity contribution in [3.8, 4) is 6.07 Å². The molecule has 0 aromatic heterocycles. The number of alkyl halides is 1. The highest BCUT2D eigenvalue weighted by Gasteiger charge is 2.14. The van der Waals surface area contributed by atoms with Gasteiger partial charge in [0.05, 0.1) is 18.7 Å². The molecule has 0 unspecified atom stereocenters. The SMILES string of the molecule is COC(=O)/C(C#N)=C(\CCl)N=S(C)C. The van der Waals surface area contributed by atoms with Crippen molar-refractivity contribution in [1.82, 2.24) is 0 Å². The average Bonchev–Trinajstić information content (AvgIpc) is 2.16. The van der Waals surface area contributed by atoms with E-state index >= 15 is 0 Å². The summed E-state index contributed by atoms with van der Waals surface area (Å²) in [6.07, 6.45) is 3.72. The van der Waals surface area contributed by atoms with Crippen molar-refractivity contribution in [3.63, 3.8) is 0 Å². The Morgan fingerprint density at radius 2 is 2.21 bits per heavy atom. The Bertz CT molecular complexity index is 327. The smallest absolute Gasteiger partial charge is 0.350 e. The first-order chi connectivity index (χ1) is 6.56. The molecular formula is C8H11ClN2O2S. The number of allylic oxidation sites excluding steroid dienone is 1. The van der Waals surface area contributed by atoms with Gasteiger partial charge in [-0.05, 0) is 12.5 Å². The van der Waals surface area contributed by atoms with Crippen LogP contribution in [0.1, 0.15) is 0 Å². The van der Waals surface area contributed by atoms with Crippen LogP contribution in [0.4, 0.5) is 0 Å². The maximum Gasteiger partial charge on any atom is 0.350 e. The standard InChI is InChI=1S/C8H11ClN2O2S/c1-13-8(12)6(5-10)7(4-9)11-14(2)3/h4H2,1-3H3/b7-6+. The lowest BCUT2D eigenvalue weighted by molar-refractivity contribution is -0.135. The minimum absolute atomic E-state index is 0.0309. The number of rotatable bonds is 3. The summed E-state index contributed by atoms with van der Waals surface area (Å²) < 4.78 is 8.52. The molecule has 0 N–H and O–H groups in total. The molecule has 0 atom stereocenters. The third-order valence-electron chi connectivity index (χ3n) is 1.21. The molecule has 0 aromatic rings. The van der Waals surface area contributed by atoms with Crippen LogP contribution in [0.15, 0.2) is 15.6 Å². The zero-order valence-corrected chi connectivity index (χ0v) is 9.78. The number of nitriles is 1. The van der Waals surface area contributed by atoms with Gasteiger partial charge in [-0.2, -0.15) is 5.26 Å².